The van der Waals surface area contributed by atoms with E-state index < -0.39 is 51.6 Å². The van der Waals surface area contributed by atoms with Gasteiger partial charge in [-0.3, -0.25) is 18.7 Å². The summed E-state index contributed by atoms with van der Waals surface area (Å²) in [6.07, 6.45) is 0.224. The molecule has 0 aromatic heterocycles. The zero-order chi connectivity index (χ0) is 37.5. The SMILES string of the molecule is CCCN(CCC)C(=O)c1cc(C)cc(C(=O)N[C@@H](Cc2cc(F)cc(F)c2)[C@H](O)CN[C@H]2c3cc(C(C)C)ccc3CS(O)(O)[C@H]2CCO)c1. The molecule has 0 spiro atoms. The Morgan fingerprint density at radius 1 is 0.961 bits per heavy atom. The number of hydrogen-bond acceptors (Lipinski definition) is 7. The number of nitrogens with zero attached hydrogens (tertiary/aromatic N) is 1. The second kappa shape index (κ2) is 17.9. The van der Waals surface area contributed by atoms with Gasteiger partial charge in [0.2, 0.25) is 0 Å². The van der Waals surface area contributed by atoms with Crippen molar-refractivity contribution in [2.75, 3.05) is 26.2 Å². The molecule has 0 saturated carbocycles. The number of carbonyl (C=O) groups excluding carboxylic acids is 2. The molecule has 12 heteroatoms. The molecule has 4 rings (SSSR count). The quantitative estimate of drug-likeness (QED) is 0.0963. The van der Waals surface area contributed by atoms with Gasteiger partial charge in [0.25, 0.3) is 11.8 Å². The molecule has 9 nitrogen and oxygen atoms in total. The van der Waals surface area contributed by atoms with E-state index in [0.29, 0.717) is 24.2 Å². The standard InChI is InChI=1S/C39H53F2N3O6S/c1-6-11-44(12-7-2)39(48)30-15-25(5)14-29(19-30)38(47)43-34(18-26-16-31(40)21-32(41)17-26)35(46)22-42-37-33-20-27(24(3)4)8-9-28(33)23-51(49,50)36(37)10-13-45/h8-9,14-17,19-21,24,34-37,42,45-46,49-50H,6-7,10-13,18,22-23H2,1-5H3,(H,43,47)/t34-,35+,36-,37-/m0/s1. The van der Waals surface area contributed by atoms with E-state index in [4.69, 9.17) is 0 Å². The van der Waals surface area contributed by atoms with Crippen molar-refractivity contribution in [2.24, 2.45) is 0 Å². The summed E-state index contributed by atoms with van der Waals surface area (Å²) in [4.78, 5) is 29.0. The summed E-state index contributed by atoms with van der Waals surface area (Å²) >= 11 is 0. The van der Waals surface area contributed by atoms with Gasteiger partial charge in [-0.2, -0.15) is 10.6 Å². The Hall–Kier alpha value is -3.39. The van der Waals surface area contributed by atoms with Crippen molar-refractivity contribution in [3.05, 3.63) is 105 Å². The Balaban J connectivity index is 1.65. The maximum Gasteiger partial charge on any atom is 0.253 e. The van der Waals surface area contributed by atoms with E-state index in [9.17, 15) is 37.7 Å². The van der Waals surface area contributed by atoms with Gasteiger partial charge in [0.1, 0.15) is 11.6 Å². The third-order valence-corrected chi connectivity index (χ3v) is 11.6. The fourth-order valence-electron chi connectivity index (χ4n) is 6.85. The summed E-state index contributed by atoms with van der Waals surface area (Å²) in [7, 11) is -3.18. The van der Waals surface area contributed by atoms with Crippen LogP contribution in [0.1, 0.15) is 107 Å². The van der Waals surface area contributed by atoms with Crippen LogP contribution in [0, 0.1) is 18.6 Å². The normalized spacial score (nSPS) is 18.5. The maximum atomic E-state index is 14.3. The van der Waals surface area contributed by atoms with Crippen LogP contribution < -0.4 is 10.6 Å². The number of nitrogens with one attached hydrogen (secondary N) is 2. The summed E-state index contributed by atoms with van der Waals surface area (Å²) in [5.41, 5.74) is 4.09. The molecule has 3 aromatic rings. The third-order valence-electron chi connectivity index (χ3n) is 9.38. The van der Waals surface area contributed by atoms with Crippen LogP contribution in [0.2, 0.25) is 0 Å². The van der Waals surface area contributed by atoms with Gasteiger partial charge < -0.3 is 25.7 Å². The molecule has 0 fully saturated rings. The molecule has 6 N–H and O–H groups in total. The number of aliphatic hydroxyl groups excluding tert-OH is 2. The Kier molecular flexibility index (Phi) is 14.2. The fraction of sp³-hybridized carbons (Fsp3) is 0.487. The number of fused-ring (bicyclic) bond motifs is 1. The molecule has 0 bridgehead atoms. The van der Waals surface area contributed by atoms with Gasteiger partial charge in [0, 0.05) is 43.4 Å². The van der Waals surface area contributed by atoms with Gasteiger partial charge in [-0.1, -0.05) is 45.9 Å². The Bertz CT molecular complexity index is 1650. The molecule has 0 radical (unpaired) electrons. The molecule has 51 heavy (non-hydrogen) atoms. The first kappa shape index (κ1) is 40.4. The summed E-state index contributed by atoms with van der Waals surface area (Å²) in [6.45, 7) is 10.6. The molecule has 0 unspecified atom stereocenters. The smallest absolute Gasteiger partial charge is 0.253 e. The van der Waals surface area contributed by atoms with Crippen LogP contribution in [0.4, 0.5) is 8.78 Å². The first-order valence-electron chi connectivity index (χ1n) is 17.7. The highest BCUT2D eigenvalue weighted by Crippen LogP contribution is 2.57. The number of carbonyl (C=O) groups is 2. The lowest BCUT2D eigenvalue weighted by Gasteiger charge is -2.49. The molecule has 3 aromatic carbocycles. The largest absolute Gasteiger partial charge is 0.396 e. The number of aliphatic hydroxyl groups is 2. The minimum absolute atomic E-state index is 0.0472. The second-order valence-corrected chi connectivity index (χ2v) is 16.2. The molecule has 2 amide bonds. The van der Waals surface area contributed by atoms with Crippen LogP contribution >= 0.6 is 10.6 Å². The van der Waals surface area contributed by atoms with Gasteiger partial charge in [-0.25, -0.2) is 8.78 Å². The van der Waals surface area contributed by atoms with Crippen LogP contribution in [0.3, 0.4) is 0 Å². The molecule has 0 aliphatic carbocycles. The van der Waals surface area contributed by atoms with E-state index in [0.717, 1.165) is 47.7 Å². The maximum absolute atomic E-state index is 14.3. The van der Waals surface area contributed by atoms with Gasteiger partial charge in [-0.05, 0) is 96.7 Å². The molecule has 4 atom stereocenters. The highest BCUT2D eigenvalue weighted by molar-refractivity contribution is 8.24. The van der Waals surface area contributed by atoms with Gasteiger partial charge in [0.05, 0.1) is 29.2 Å². The van der Waals surface area contributed by atoms with Crippen molar-refractivity contribution in [1.29, 1.82) is 0 Å². The Labute approximate surface area is 301 Å². The fourth-order valence-corrected chi connectivity index (χ4v) is 8.95. The zero-order valence-corrected chi connectivity index (χ0v) is 31.0. The number of benzene rings is 3. The van der Waals surface area contributed by atoms with Crippen LogP contribution in [0.25, 0.3) is 0 Å². The Morgan fingerprint density at radius 3 is 2.22 bits per heavy atom. The van der Waals surface area contributed by atoms with Gasteiger partial charge in [-0.15, -0.1) is 0 Å². The van der Waals surface area contributed by atoms with Gasteiger partial charge >= 0.3 is 0 Å². The number of hydrogen-bond donors (Lipinski definition) is 6. The average Bonchev–Trinajstić information content (AvgIpc) is 3.06. The van der Waals surface area contributed by atoms with Crippen LogP contribution in [-0.2, 0) is 12.2 Å². The second-order valence-electron chi connectivity index (χ2n) is 13.9. The van der Waals surface area contributed by atoms with E-state index >= 15 is 0 Å². The van der Waals surface area contributed by atoms with E-state index in [1.54, 1.807) is 24.0 Å². The first-order chi connectivity index (χ1) is 24.2. The average molecular weight is 730 g/mol. The molecular formula is C39H53F2N3O6S. The zero-order valence-electron chi connectivity index (χ0n) is 30.2. The van der Waals surface area contributed by atoms with Crippen LogP contribution in [0.5, 0.6) is 0 Å². The Morgan fingerprint density at radius 2 is 1.61 bits per heavy atom. The van der Waals surface area contributed by atoms with E-state index in [-0.39, 0.29) is 54.7 Å². The van der Waals surface area contributed by atoms with Crippen LogP contribution in [-0.4, -0.2) is 79.7 Å². The van der Waals surface area contributed by atoms with E-state index in [1.807, 2.05) is 32.0 Å². The predicted octanol–water partition coefficient (Wildman–Crippen LogP) is 6.71. The van der Waals surface area contributed by atoms with Crippen LogP contribution in [0.15, 0.2) is 54.6 Å². The monoisotopic (exact) mass is 729 g/mol. The van der Waals surface area contributed by atoms with Crippen molar-refractivity contribution < 1.29 is 37.7 Å². The third kappa shape index (κ3) is 10.4. The lowest BCUT2D eigenvalue weighted by molar-refractivity contribution is 0.0755. The molecular weight excluding hydrogens is 677 g/mol. The lowest BCUT2D eigenvalue weighted by Crippen LogP contribution is -2.51. The summed E-state index contributed by atoms with van der Waals surface area (Å²) in [5.74, 6) is -2.13. The summed E-state index contributed by atoms with van der Waals surface area (Å²) < 4.78 is 50.9. The summed E-state index contributed by atoms with van der Waals surface area (Å²) in [5, 5.41) is 26.9. The molecule has 1 heterocycles. The molecule has 1 aliphatic heterocycles. The molecule has 280 valence electrons. The van der Waals surface area contributed by atoms with E-state index in [2.05, 4.69) is 24.5 Å². The molecule has 0 saturated heterocycles. The van der Waals surface area contributed by atoms with Crippen molar-refractivity contribution in [3.8, 4) is 0 Å². The highest BCUT2D eigenvalue weighted by atomic mass is 32.3. The van der Waals surface area contributed by atoms with Gasteiger partial charge in [0.15, 0.2) is 0 Å². The summed E-state index contributed by atoms with van der Waals surface area (Å²) in [6, 6.07) is 12.0. The van der Waals surface area contributed by atoms with Crippen molar-refractivity contribution >= 4 is 22.4 Å². The van der Waals surface area contributed by atoms with Crippen molar-refractivity contribution in [1.82, 2.24) is 15.5 Å². The highest BCUT2D eigenvalue weighted by Gasteiger charge is 2.40. The first-order valence-corrected chi connectivity index (χ1v) is 19.5. The number of aryl methyl sites for hydroxylation is 1. The number of rotatable bonds is 16. The number of amides is 2. The van der Waals surface area contributed by atoms with Crippen molar-refractivity contribution in [3.63, 3.8) is 0 Å². The topological polar surface area (TPSA) is 142 Å². The number of halogens is 2. The van der Waals surface area contributed by atoms with Crippen molar-refractivity contribution in [2.45, 2.75) is 95.4 Å². The van der Waals surface area contributed by atoms with E-state index in [1.165, 1.54) is 6.07 Å². The minimum Gasteiger partial charge on any atom is -0.396 e. The lowest BCUT2D eigenvalue weighted by atomic mass is 9.91. The minimum atomic E-state index is -3.18. The molecule has 1 aliphatic rings. The predicted molar refractivity (Wildman–Crippen MR) is 198 cm³/mol.